The Kier molecular flexibility index (Phi) is 5.93. The van der Waals surface area contributed by atoms with Crippen LogP contribution < -0.4 is 4.72 Å². The summed E-state index contributed by atoms with van der Waals surface area (Å²) in [6.45, 7) is 6.09. The zero-order valence-corrected chi connectivity index (χ0v) is 12.9. The highest BCUT2D eigenvalue weighted by Crippen LogP contribution is 2.20. The number of nitrogens with one attached hydrogen (secondary N) is 1. The van der Waals surface area contributed by atoms with Crippen LogP contribution in [0.5, 0.6) is 0 Å². The van der Waals surface area contributed by atoms with Crippen LogP contribution in [0.25, 0.3) is 0 Å². The molecule has 1 aromatic heterocycles. The maximum absolute atomic E-state index is 12.0. The fraction of sp³-hybridized carbons (Fsp3) is 0.833. The number of aromatic nitrogens is 3. The Hall–Kier alpha value is -0.950. The van der Waals surface area contributed by atoms with Crippen LogP contribution in [0.1, 0.15) is 51.9 Å². The lowest BCUT2D eigenvalue weighted by Crippen LogP contribution is -2.33. The molecule has 0 aliphatic rings. The third-order valence-corrected chi connectivity index (χ3v) is 4.32. The van der Waals surface area contributed by atoms with Crippen molar-refractivity contribution < 1.29 is 8.42 Å². The van der Waals surface area contributed by atoms with E-state index in [1.54, 1.807) is 11.7 Å². The van der Waals surface area contributed by atoms with Gasteiger partial charge < -0.3 is 0 Å². The van der Waals surface area contributed by atoms with Crippen molar-refractivity contribution in [1.29, 1.82) is 0 Å². The van der Waals surface area contributed by atoms with Gasteiger partial charge in [0, 0.05) is 7.05 Å². The Morgan fingerprint density at radius 3 is 2.58 bits per heavy atom. The second-order valence-electron chi connectivity index (χ2n) is 5.21. The minimum Gasteiger partial charge on any atom is -0.252 e. The van der Waals surface area contributed by atoms with Gasteiger partial charge in [-0.05, 0) is 18.8 Å². The first-order chi connectivity index (χ1) is 8.85. The average Bonchev–Trinajstić information content (AvgIpc) is 2.71. The standard InChI is InChI=1S/C12H24N4O2S/c1-5-6-7-19(17,18)15-11(8-10(2)3)12-13-9-14-16(12)4/h9-11,15H,5-8H2,1-4H3. The Morgan fingerprint density at radius 1 is 1.42 bits per heavy atom. The molecule has 0 aromatic carbocycles. The van der Waals surface area contributed by atoms with Crippen molar-refractivity contribution in [2.24, 2.45) is 13.0 Å². The summed E-state index contributed by atoms with van der Waals surface area (Å²) in [4.78, 5) is 4.16. The third kappa shape index (κ3) is 5.28. The van der Waals surface area contributed by atoms with Crippen LogP contribution in [-0.2, 0) is 17.1 Å². The van der Waals surface area contributed by atoms with Crippen molar-refractivity contribution in [2.75, 3.05) is 5.75 Å². The average molecular weight is 288 g/mol. The minimum absolute atomic E-state index is 0.163. The zero-order valence-electron chi connectivity index (χ0n) is 12.1. The van der Waals surface area contributed by atoms with Crippen LogP contribution in [0.3, 0.4) is 0 Å². The van der Waals surface area contributed by atoms with Gasteiger partial charge in [-0.25, -0.2) is 18.1 Å². The summed E-state index contributed by atoms with van der Waals surface area (Å²) >= 11 is 0. The molecule has 6 nitrogen and oxygen atoms in total. The molecule has 1 atom stereocenters. The monoisotopic (exact) mass is 288 g/mol. The molecule has 1 unspecified atom stereocenters. The van der Waals surface area contributed by atoms with E-state index in [9.17, 15) is 8.42 Å². The fourth-order valence-corrected chi connectivity index (χ4v) is 3.33. The van der Waals surface area contributed by atoms with E-state index < -0.39 is 10.0 Å². The van der Waals surface area contributed by atoms with Crippen LogP contribution in [0, 0.1) is 5.92 Å². The number of hydrogen-bond donors (Lipinski definition) is 1. The predicted octanol–water partition coefficient (Wildman–Crippen LogP) is 1.62. The summed E-state index contributed by atoms with van der Waals surface area (Å²) in [7, 11) is -1.49. The second kappa shape index (κ2) is 7.00. The molecule has 0 saturated carbocycles. The number of aryl methyl sites for hydroxylation is 1. The van der Waals surface area contributed by atoms with Crippen LogP contribution in [-0.4, -0.2) is 28.9 Å². The first kappa shape index (κ1) is 16.1. The maximum Gasteiger partial charge on any atom is 0.212 e. The van der Waals surface area contributed by atoms with E-state index in [-0.39, 0.29) is 11.8 Å². The SMILES string of the molecule is CCCCS(=O)(=O)NC(CC(C)C)c1ncnn1C. The van der Waals surface area contributed by atoms with E-state index in [0.29, 0.717) is 24.6 Å². The maximum atomic E-state index is 12.0. The van der Waals surface area contributed by atoms with Gasteiger partial charge >= 0.3 is 0 Å². The molecule has 0 amide bonds. The Bertz CT molecular complexity index is 482. The molecule has 0 saturated heterocycles. The van der Waals surface area contributed by atoms with E-state index in [2.05, 4.69) is 28.7 Å². The summed E-state index contributed by atoms with van der Waals surface area (Å²) in [5, 5.41) is 4.01. The number of sulfonamides is 1. The molecule has 0 spiro atoms. The van der Waals surface area contributed by atoms with Crippen molar-refractivity contribution >= 4 is 10.0 Å². The lowest BCUT2D eigenvalue weighted by atomic mass is 10.0. The van der Waals surface area contributed by atoms with Crippen LogP contribution in [0.4, 0.5) is 0 Å². The van der Waals surface area contributed by atoms with Gasteiger partial charge in [-0.2, -0.15) is 5.10 Å². The van der Waals surface area contributed by atoms with Crippen molar-refractivity contribution in [1.82, 2.24) is 19.5 Å². The van der Waals surface area contributed by atoms with Gasteiger partial charge in [0.25, 0.3) is 0 Å². The van der Waals surface area contributed by atoms with E-state index in [4.69, 9.17) is 0 Å². The van der Waals surface area contributed by atoms with Crippen LogP contribution in [0.2, 0.25) is 0 Å². The quantitative estimate of drug-likeness (QED) is 0.788. The lowest BCUT2D eigenvalue weighted by molar-refractivity contribution is 0.443. The topological polar surface area (TPSA) is 76.9 Å². The van der Waals surface area contributed by atoms with E-state index in [0.717, 1.165) is 6.42 Å². The van der Waals surface area contributed by atoms with Gasteiger partial charge in [0.05, 0.1) is 11.8 Å². The highest BCUT2D eigenvalue weighted by molar-refractivity contribution is 7.89. The molecule has 0 bridgehead atoms. The van der Waals surface area contributed by atoms with Gasteiger partial charge in [-0.3, -0.25) is 4.68 Å². The molecule has 1 rings (SSSR count). The predicted molar refractivity (Wildman–Crippen MR) is 75.0 cm³/mol. The smallest absolute Gasteiger partial charge is 0.212 e. The van der Waals surface area contributed by atoms with E-state index in [1.165, 1.54) is 6.33 Å². The molecule has 1 heterocycles. The number of hydrogen-bond acceptors (Lipinski definition) is 4. The Labute approximate surface area is 115 Å². The molecule has 0 radical (unpaired) electrons. The Balaban J connectivity index is 2.84. The summed E-state index contributed by atoms with van der Waals surface area (Å²) in [6, 6.07) is -0.311. The molecular formula is C12H24N4O2S. The molecule has 0 aliphatic carbocycles. The first-order valence-corrected chi connectivity index (χ1v) is 8.34. The van der Waals surface area contributed by atoms with E-state index in [1.807, 2.05) is 6.92 Å². The molecule has 0 aliphatic heterocycles. The second-order valence-corrected chi connectivity index (χ2v) is 7.09. The molecule has 110 valence electrons. The van der Waals surface area contributed by atoms with Gasteiger partial charge in [0.15, 0.2) is 0 Å². The van der Waals surface area contributed by atoms with Gasteiger partial charge in [0.2, 0.25) is 10.0 Å². The van der Waals surface area contributed by atoms with E-state index >= 15 is 0 Å². The lowest BCUT2D eigenvalue weighted by Gasteiger charge is -2.19. The normalized spacial score (nSPS) is 13.9. The minimum atomic E-state index is -3.26. The number of unbranched alkanes of at least 4 members (excludes halogenated alkanes) is 1. The Morgan fingerprint density at radius 2 is 2.11 bits per heavy atom. The van der Waals surface area contributed by atoms with Crippen LogP contribution >= 0.6 is 0 Å². The summed E-state index contributed by atoms with van der Waals surface area (Å²) in [5.74, 6) is 1.19. The summed E-state index contributed by atoms with van der Waals surface area (Å²) < 4.78 is 28.4. The third-order valence-electron chi connectivity index (χ3n) is 2.85. The van der Waals surface area contributed by atoms with Gasteiger partial charge in [-0.1, -0.05) is 27.2 Å². The fourth-order valence-electron chi connectivity index (χ4n) is 1.91. The molecule has 1 aromatic rings. The van der Waals surface area contributed by atoms with Crippen molar-refractivity contribution in [3.63, 3.8) is 0 Å². The highest BCUT2D eigenvalue weighted by atomic mass is 32.2. The molecule has 19 heavy (non-hydrogen) atoms. The zero-order chi connectivity index (χ0) is 14.5. The van der Waals surface area contributed by atoms with Crippen molar-refractivity contribution in [3.05, 3.63) is 12.2 Å². The highest BCUT2D eigenvalue weighted by Gasteiger charge is 2.23. The molecule has 1 N–H and O–H groups in total. The summed E-state index contributed by atoms with van der Waals surface area (Å²) in [5.41, 5.74) is 0. The van der Waals surface area contributed by atoms with Crippen molar-refractivity contribution in [2.45, 2.75) is 46.1 Å². The van der Waals surface area contributed by atoms with Crippen LogP contribution in [0.15, 0.2) is 6.33 Å². The molecule has 7 heteroatoms. The molecular weight excluding hydrogens is 264 g/mol. The number of nitrogens with zero attached hydrogens (tertiary/aromatic N) is 3. The number of rotatable bonds is 8. The van der Waals surface area contributed by atoms with Gasteiger partial charge in [0.1, 0.15) is 12.2 Å². The largest absolute Gasteiger partial charge is 0.252 e. The first-order valence-electron chi connectivity index (χ1n) is 6.69. The van der Waals surface area contributed by atoms with Crippen molar-refractivity contribution in [3.8, 4) is 0 Å². The summed E-state index contributed by atoms with van der Waals surface area (Å²) in [6.07, 6.45) is 3.68. The van der Waals surface area contributed by atoms with Gasteiger partial charge in [-0.15, -0.1) is 0 Å². The molecule has 0 fully saturated rings.